The maximum Gasteiger partial charge on any atom is 0.175 e. The van der Waals surface area contributed by atoms with Crippen molar-refractivity contribution >= 4 is 44.8 Å². The van der Waals surface area contributed by atoms with E-state index in [1.807, 2.05) is 6.07 Å². The quantitative estimate of drug-likeness (QED) is 0.327. The average Bonchev–Trinajstić information content (AvgIpc) is 3.31. The number of fused-ring (bicyclic) bond motifs is 3. The summed E-state index contributed by atoms with van der Waals surface area (Å²) >= 11 is 16.7. The summed E-state index contributed by atoms with van der Waals surface area (Å²) in [7, 11) is 1.67. The monoisotopic (exact) mass is 543 g/mol. The first-order valence-electron chi connectivity index (χ1n) is 10.9. The van der Waals surface area contributed by atoms with Gasteiger partial charge >= 0.3 is 0 Å². The second-order valence-electron chi connectivity index (χ2n) is 8.61. The fourth-order valence-electron chi connectivity index (χ4n) is 4.83. The van der Waals surface area contributed by atoms with E-state index in [4.69, 9.17) is 32.7 Å². The molecular formula is C27H24BrCl2NO2. The van der Waals surface area contributed by atoms with E-state index in [9.17, 15) is 0 Å². The van der Waals surface area contributed by atoms with Crippen LogP contribution in [0.15, 0.2) is 65.2 Å². The Kier molecular flexibility index (Phi) is 6.34. The van der Waals surface area contributed by atoms with E-state index < -0.39 is 0 Å². The number of allylic oxidation sites excluding steroid dienone is 2. The first-order valence-corrected chi connectivity index (χ1v) is 12.5. The number of anilines is 1. The van der Waals surface area contributed by atoms with Crippen molar-refractivity contribution in [2.45, 2.75) is 31.9 Å². The van der Waals surface area contributed by atoms with Gasteiger partial charge < -0.3 is 14.8 Å². The standard InChI is InChI=1S/C27H24BrCl2NO2/c1-15-6-8-16(9-7-15)14-33-27-21(28)12-17(13-23(27)32-2)25-19-5-3-4-18(19)20-10-11-22(29)24(30)26(20)31-25/h3-4,6-13,18-19,25,31H,5,14H2,1-2H3/t18-,19+,25+/m1/s1. The topological polar surface area (TPSA) is 30.5 Å². The second kappa shape index (κ2) is 9.25. The molecule has 0 saturated carbocycles. The number of methoxy groups -OCH3 is 1. The Morgan fingerprint density at radius 3 is 2.64 bits per heavy atom. The van der Waals surface area contributed by atoms with Crippen LogP contribution in [-0.4, -0.2) is 7.11 Å². The number of benzene rings is 3. The summed E-state index contributed by atoms with van der Waals surface area (Å²) in [6.07, 6.45) is 5.54. The molecule has 3 aromatic carbocycles. The Morgan fingerprint density at radius 2 is 1.88 bits per heavy atom. The predicted octanol–water partition coefficient (Wildman–Crippen LogP) is 8.48. The van der Waals surface area contributed by atoms with Gasteiger partial charge in [0.25, 0.3) is 0 Å². The summed E-state index contributed by atoms with van der Waals surface area (Å²) in [6.45, 7) is 2.54. The molecule has 5 rings (SSSR count). The minimum atomic E-state index is 0.0600. The molecule has 3 nitrogen and oxygen atoms in total. The first kappa shape index (κ1) is 22.6. The van der Waals surface area contributed by atoms with Gasteiger partial charge in [0.15, 0.2) is 11.5 Å². The highest BCUT2D eigenvalue weighted by molar-refractivity contribution is 9.10. The predicted molar refractivity (Wildman–Crippen MR) is 139 cm³/mol. The summed E-state index contributed by atoms with van der Waals surface area (Å²) in [6, 6.07) is 16.5. The largest absolute Gasteiger partial charge is 0.493 e. The highest BCUT2D eigenvalue weighted by atomic mass is 79.9. The van der Waals surface area contributed by atoms with Crippen LogP contribution in [-0.2, 0) is 6.61 Å². The van der Waals surface area contributed by atoms with E-state index in [1.54, 1.807) is 7.11 Å². The van der Waals surface area contributed by atoms with E-state index >= 15 is 0 Å². The lowest BCUT2D eigenvalue weighted by atomic mass is 9.77. The molecule has 0 fully saturated rings. The van der Waals surface area contributed by atoms with Crippen molar-refractivity contribution in [3.63, 3.8) is 0 Å². The zero-order chi connectivity index (χ0) is 23.1. The van der Waals surface area contributed by atoms with E-state index in [0.717, 1.165) is 27.7 Å². The van der Waals surface area contributed by atoms with Crippen LogP contribution in [0.3, 0.4) is 0 Å². The fourth-order valence-corrected chi connectivity index (χ4v) is 5.79. The van der Waals surface area contributed by atoms with Crippen molar-refractivity contribution in [1.29, 1.82) is 0 Å². The van der Waals surface area contributed by atoms with Gasteiger partial charge in [-0.3, -0.25) is 0 Å². The molecule has 1 aliphatic carbocycles. The zero-order valence-electron chi connectivity index (χ0n) is 18.4. The molecule has 0 radical (unpaired) electrons. The van der Waals surface area contributed by atoms with Crippen LogP contribution in [0.4, 0.5) is 5.69 Å². The highest BCUT2D eigenvalue weighted by Crippen LogP contribution is 2.53. The highest BCUT2D eigenvalue weighted by Gasteiger charge is 2.39. The molecule has 1 aliphatic heterocycles. The van der Waals surface area contributed by atoms with E-state index in [-0.39, 0.29) is 6.04 Å². The van der Waals surface area contributed by atoms with Gasteiger partial charge in [-0.15, -0.1) is 0 Å². The Balaban J connectivity index is 1.47. The molecule has 2 aliphatic rings. The minimum absolute atomic E-state index is 0.0600. The molecule has 170 valence electrons. The molecule has 0 amide bonds. The lowest BCUT2D eigenvalue weighted by Crippen LogP contribution is -2.29. The molecule has 0 bridgehead atoms. The van der Waals surface area contributed by atoms with Gasteiger partial charge in [0, 0.05) is 5.92 Å². The zero-order valence-corrected chi connectivity index (χ0v) is 21.5. The third kappa shape index (κ3) is 4.25. The van der Waals surface area contributed by atoms with Crippen molar-refractivity contribution in [2.75, 3.05) is 12.4 Å². The van der Waals surface area contributed by atoms with Crippen molar-refractivity contribution in [3.8, 4) is 11.5 Å². The van der Waals surface area contributed by atoms with Crippen LogP contribution >= 0.6 is 39.1 Å². The van der Waals surface area contributed by atoms with E-state index in [0.29, 0.717) is 40.0 Å². The molecule has 1 heterocycles. The summed E-state index contributed by atoms with van der Waals surface area (Å²) < 4.78 is 12.8. The lowest BCUT2D eigenvalue weighted by molar-refractivity contribution is 0.282. The maximum absolute atomic E-state index is 6.61. The Hall–Kier alpha value is -2.14. The molecule has 6 heteroatoms. The number of hydrogen-bond donors (Lipinski definition) is 1. The number of aryl methyl sites for hydroxylation is 1. The summed E-state index contributed by atoms with van der Waals surface area (Å²) in [4.78, 5) is 0. The first-order chi connectivity index (χ1) is 16.0. The smallest absolute Gasteiger partial charge is 0.175 e. The Labute approximate surface area is 212 Å². The van der Waals surface area contributed by atoms with Gasteiger partial charge in [-0.2, -0.15) is 0 Å². The summed E-state index contributed by atoms with van der Waals surface area (Å²) in [5.74, 6) is 2.06. The molecule has 0 saturated heterocycles. The summed E-state index contributed by atoms with van der Waals surface area (Å²) in [5, 5.41) is 4.81. The molecule has 3 aromatic rings. The van der Waals surface area contributed by atoms with Crippen LogP contribution in [0.5, 0.6) is 11.5 Å². The fraction of sp³-hybridized carbons (Fsp3) is 0.259. The molecule has 33 heavy (non-hydrogen) atoms. The molecule has 0 aromatic heterocycles. The lowest BCUT2D eigenvalue weighted by Gasteiger charge is -2.38. The molecule has 0 spiro atoms. The Bertz CT molecular complexity index is 1230. The van der Waals surface area contributed by atoms with Gasteiger partial charge in [-0.1, -0.05) is 71.2 Å². The van der Waals surface area contributed by atoms with Crippen LogP contribution in [0.1, 0.15) is 40.6 Å². The van der Waals surface area contributed by atoms with Gasteiger partial charge in [-0.05, 0) is 70.1 Å². The third-order valence-electron chi connectivity index (χ3n) is 6.54. The number of ether oxygens (including phenoxy) is 2. The van der Waals surface area contributed by atoms with Gasteiger partial charge in [-0.25, -0.2) is 0 Å². The van der Waals surface area contributed by atoms with Gasteiger partial charge in [0.2, 0.25) is 0 Å². The van der Waals surface area contributed by atoms with Gasteiger partial charge in [0.05, 0.1) is 33.4 Å². The summed E-state index contributed by atoms with van der Waals surface area (Å²) in [5.41, 5.74) is 5.56. The Morgan fingerprint density at radius 1 is 1.09 bits per heavy atom. The molecule has 0 unspecified atom stereocenters. The van der Waals surface area contributed by atoms with Crippen molar-refractivity contribution in [2.24, 2.45) is 5.92 Å². The second-order valence-corrected chi connectivity index (χ2v) is 10.2. The van der Waals surface area contributed by atoms with Crippen molar-refractivity contribution in [1.82, 2.24) is 0 Å². The molecule has 3 atom stereocenters. The average molecular weight is 545 g/mol. The van der Waals surface area contributed by atoms with E-state index in [1.165, 1.54) is 11.1 Å². The normalized spacial score (nSPS) is 20.7. The van der Waals surface area contributed by atoms with Crippen LogP contribution in [0.2, 0.25) is 10.0 Å². The number of hydrogen-bond acceptors (Lipinski definition) is 3. The van der Waals surface area contributed by atoms with Crippen molar-refractivity contribution < 1.29 is 9.47 Å². The molecular weight excluding hydrogens is 521 g/mol. The number of halogens is 3. The molecule has 1 N–H and O–H groups in total. The minimum Gasteiger partial charge on any atom is -0.493 e. The van der Waals surface area contributed by atoms with Crippen LogP contribution < -0.4 is 14.8 Å². The van der Waals surface area contributed by atoms with Crippen LogP contribution in [0.25, 0.3) is 0 Å². The van der Waals surface area contributed by atoms with Crippen LogP contribution in [0, 0.1) is 12.8 Å². The maximum atomic E-state index is 6.61. The third-order valence-corrected chi connectivity index (χ3v) is 7.94. The SMILES string of the molecule is COc1cc([C@@H]2Nc3c(ccc(Cl)c3Cl)[C@@H]3C=CC[C@@H]32)cc(Br)c1OCc1ccc(C)cc1. The van der Waals surface area contributed by atoms with Gasteiger partial charge in [0.1, 0.15) is 6.61 Å². The number of rotatable bonds is 5. The van der Waals surface area contributed by atoms with E-state index in [2.05, 4.69) is 82.8 Å². The van der Waals surface area contributed by atoms with Crippen molar-refractivity contribution in [3.05, 3.63) is 97.5 Å². The number of nitrogens with one attached hydrogen (secondary N) is 1.